The minimum atomic E-state index is -0.765. The molecule has 3 aliphatic rings. The highest BCUT2D eigenvalue weighted by molar-refractivity contribution is 8.02. The minimum absolute atomic E-state index is 0.00797. The number of thioether (sulfide) groups is 1. The molecule has 2 bridgehead atoms. The van der Waals surface area contributed by atoms with E-state index in [2.05, 4.69) is 52.2 Å². The molecule has 3 N–H and O–H groups in total. The van der Waals surface area contributed by atoms with Crippen LogP contribution in [0, 0.1) is 29.1 Å². The molecule has 3 heterocycles. The van der Waals surface area contributed by atoms with Crippen LogP contribution in [0.3, 0.4) is 0 Å². The third kappa shape index (κ3) is 6.19. The van der Waals surface area contributed by atoms with Gasteiger partial charge in [0.05, 0.1) is 35.8 Å². The fourth-order valence-electron chi connectivity index (χ4n) is 8.07. The maximum Gasteiger partial charge on any atom is 0.244 e. The van der Waals surface area contributed by atoms with E-state index >= 15 is 0 Å². The van der Waals surface area contributed by atoms with E-state index in [0.29, 0.717) is 18.7 Å². The number of nitrogens with one attached hydrogen (secondary N) is 2. The van der Waals surface area contributed by atoms with E-state index in [1.165, 1.54) is 0 Å². The summed E-state index contributed by atoms with van der Waals surface area (Å²) >= 11 is 1.66. The number of ether oxygens (including phenoxy) is 1. The number of amides is 3. The average Bonchev–Trinajstić information content (AvgIpc) is 3.45. The predicted molar refractivity (Wildman–Crippen MR) is 168 cm³/mol. The van der Waals surface area contributed by atoms with Crippen molar-refractivity contribution in [2.45, 2.75) is 109 Å². The van der Waals surface area contributed by atoms with Crippen molar-refractivity contribution < 1.29 is 24.2 Å². The molecule has 3 saturated heterocycles. The highest BCUT2D eigenvalue weighted by Gasteiger charge is 2.76. The van der Waals surface area contributed by atoms with Crippen LogP contribution < -0.4 is 15.4 Å². The molecule has 3 fully saturated rings. The second-order valence-electron chi connectivity index (χ2n) is 14.8. The van der Waals surface area contributed by atoms with Crippen molar-refractivity contribution in [2.75, 3.05) is 18.5 Å². The van der Waals surface area contributed by atoms with E-state index in [1.807, 2.05) is 45.0 Å². The van der Waals surface area contributed by atoms with Gasteiger partial charge in [-0.2, -0.15) is 0 Å². The standard InChI is InChI=1S/C33H51N3O5S/c1-10-41-23-13-11-21(12-14-23)34-28(38)25-24-16-20(4)33(42-24)26(25)30(40)36(22(17-37)15-19(2)3)27(33)29(39)35-32(8,9)18-31(5,6)7/h11-14,19-20,22,24-27,37H,10,15-18H2,1-9H3,(H,34,38)(H,35,39)/t20?,22-,24+,25-,26+,27?,33?/m1/s1. The Kier molecular flexibility index (Phi) is 9.35. The smallest absolute Gasteiger partial charge is 0.244 e. The zero-order valence-electron chi connectivity index (χ0n) is 26.8. The molecule has 9 heteroatoms. The van der Waals surface area contributed by atoms with Crippen LogP contribution in [0.25, 0.3) is 0 Å². The quantitative estimate of drug-likeness (QED) is 0.326. The molecule has 42 heavy (non-hydrogen) atoms. The molecule has 3 aliphatic heterocycles. The van der Waals surface area contributed by atoms with Crippen LogP contribution in [0.15, 0.2) is 24.3 Å². The molecule has 0 saturated carbocycles. The van der Waals surface area contributed by atoms with Gasteiger partial charge in [0, 0.05) is 16.5 Å². The van der Waals surface area contributed by atoms with Crippen molar-refractivity contribution in [1.29, 1.82) is 0 Å². The number of hydrogen-bond donors (Lipinski definition) is 3. The summed E-state index contributed by atoms with van der Waals surface area (Å²) < 4.78 is 4.79. The number of carbonyl (C=O) groups excluding carboxylic acids is 3. The first-order chi connectivity index (χ1) is 19.5. The highest BCUT2D eigenvalue weighted by Crippen LogP contribution is 2.69. The topological polar surface area (TPSA) is 108 Å². The third-order valence-electron chi connectivity index (χ3n) is 8.95. The maximum absolute atomic E-state index is 14.5. The van der Waals surface area contributed by atoms with Gasteiger partial charge in [-0.25, -0.2) is 0 Å². The first-order valence-corrected chi connectivity index (χ1v) is 16.4. The molecular formula is C33H51N3O5S. The fraction of sp³-hybridized carbons (Fsp3) is 0.727. The Labute approximate surface area is 256 Å². The van der Waals surface area contributed by atoms with Gasteiger partial charge in [0.25, 0.3) is 0 Å². The molecule has 1 aromatic rings. The van der Waals surface area contributed by atoms with Crippen molar-refractivity contribution in [1.82, 2.24) is 10.2 Å². The molecule has 0 aliphatic carbocycles. The summed E-state index contributed by atoms with van der Waals surface area (Å²) in [6.07, 6.45) is 2.09. The number of likely N-dealkylation sites (tertiary alicyclic amines) is 1. The molecule has 1 aromatic carbocycles. The van der Waals surface area contributed by atoms with Crippen molar-refractivity contribution in [3.8, 4) is 5.75 Å². The van der Waals surface area contributed by atoms with Gasteiger partial charge in [-0.05, 0) is 81.5 Å². The summed E-state index contributed by atoms with van der Waals surface area (Å²) in [6.45, 7) is 19.0. The summed E-state index contributed by atoms with van der Waals surface area (Å²) in [7, 11) is 0. The van der Waals surface area contributed by atoms with Crippen molar-refractivity contribution >= 4 is 35.2 Å². The Morgan fingerprint density at radius 1 is 1.14 bits per heavy atom. The van der Waals surface area contributed by atoms with Gasteiger partial charge in [-0.15, -0.1) is 11.8 Å². The van der Waals surface area contributed by atoms with Crippen molar-refractivity contribution in [3.63, 3.8) is 0 Å². The molecule has 3 unspecified atom stereocenters. The van der Waals surface area contributed by atoms with Gasteiger partial charge in [-0.3, -0.25) is 14.4 Å². The van der Waals surface area contributed by atoms with E-state index in [0.717, 1.165) is 18.6 Å². The van der Waals surface area contributed by atoms with Gasteiger partial charge >= 0.3 is 0 Å². The Balaban J connectivity index is 1.71. The van der Waals surface area contributed by atoms with Crippen LogP contribution in [0.5, 0.6) is 5.75 Å². The molecule has 0 radical (unpaired) electrons. The minimum Gasteiger partial charge on any atom is -0.494 e. The number of aliphatic hydroxyl groups excluding tert-OH is 1. The van der Waals surface area contributed by atoms with Crippen LogP contribution in [0.1, 0.15) is 81.6 Å². The lowest BCUT2D eigenvalue weighted by Crippen LogP contribution is -2.61. The van der Waals surface area contributed by atoms with Crippen molar-refractivity contribution in [2.24, 2.45) is 29.1 Å². The number of nitrogens with zero attached hydrogens (tertiary/aromatic N) is 1. The van der Waals surface area contributed by atoms with E-state index < -0.39 is 34.2 Å². The van der Waals surface area contributed by atoms with Crippen LogP contribution in [-0.4, -0.2) is 68.6 Å². The number of benzene rings is 1. The summed E-state index contributed by atoms with van der Waals surface area (Å²) in [4.78, 5) is 44.5. The number of aliphatic hydroxyl groups is 1. The monoisotopic (exact) mass is 601 g/mol. The molecule has 7 atom stereocenters. The van der Waals surface area contributed by atoms with E-state index in [9.17, 15) is 19.5 Å². The molecular weight excluding hydrogens is 550 g/mol. The van der Waals surface area contributed by atoms with E-state index in [1.54, 1.807) is 16.7 Å². The summed E-state index contributed by atoms with van der Waals surface area (Å²) in [5, 5.41) is 16.8. The predicted octanol–water partition coefficient (Wildman–Crippen LogP) is 5.10. The highest BCUT2D eigenvalue weighted by atomic mass is 32.2. The molecule has 8 nitrogen and oxygen atoms in total. The SMILES string of the molecule is CCOc1ccc(NC(=O)[C@@H]2[C@@H]3CC(C)C4(S3)C(C(=O)NC(C)(C)CC(C)(C)C)N([C@@H](CO)CC(C)C)C(=O)[C@H]24)cc1. The summed E-state index contributed by atoms with van der Waals surface area (Å²) in [6, 6.07) is 5.99. The largest absolute Gasteiger partial charge is 0.494 e. The number of fused-ring (bicyclic) bond motifs is 1. The average molecular weight is 602 g/mol. The van der Waals surface area contributed by atoms with Gasteiger partial charge in [-0.1, -0.05) is 41.5 Å². The lowest BCUT2D eigenvalue weighted by atomic mass is 9.65. The van der Waals surface area contributed by atoms with Crippen LogP contribution in [0.2, 0.25) is 0 Å². The van der Waals surface area contributed by atoms with E-state index in [4.69, 9.17) is 4.74 Å². The first-order valence-electron chi connectivity index (χ1n) is 15.5. The Morgan fingerprint density at radius 3 is 2.33 bits per heavy atom. The van der Waals surface area contributed by atoms with Gasteiger partial charge in [0.2, 0.25) is 17.7 Å². The Morgan fingerprint density at radius 2 is 1.79 bits per heavy atom. The maximum atomic E-state index is 14.5. The normalized spacial score (nSPS) is 29.5. The zero-order chi connectivity index (χ0) is 31.2. The van der Waals surface area contributed by atoms with Crippen LogP contribution in [0.4, 0.5) is 5.69 Å². The van der Waals surface area contributed by atoms with Crippen LogP contribution in [-0.2, 0) is 14.4 Å². The Bertz CT molecular complexity index is 1160. The number of hydrogen-bond acceptors (Lipinski definition) is 6. The van der Waals surface area contributed by atoms with Gasteiger partial charge in [0.1, 0.15) is 11.8 Å². The Hall–Kier alpha value is -2.26. The third-order valence-corrected chi connectivity index (χ3v) is 11.0. The molecule has 3 amide bonds. The lowest BCUT2D eigenvalue weighted by Gasteiger charge is -2.42. The van der Waals surface area contributed by atoms with Gasteiger partial charge < -0.3 is 25.4 Å². The summed E-state index contributed by atoms with van der Waals surface area (Å²) in [5.41, 5.74) is 0.138. The lowest BCUT2D eigenvalue weighted by molar-refractivity contribution is -0.143. The number of anilines is 1. The molecule has 4 rings (SSSR count). The molecule has 1 spiro atoms. The fourth-order valence-corrected chi connectivity index (χ4v) is 10.5. The molecule has 234 valence electrons. The van der Waals surface area contributed by atoms with E-state index in [-0.39, 0.29) is 46.8 Å². The molecule has 0 aromatic heterocycles. The second-order valence-corrected chi connectivity index (χ2v) is 16.4. The van der Waals surface area contributed by atoms with Crippen LogP contribution >= 0.6 is 11.8 Å². The van der Waals surface area contributed by atoms with Gasteiger partial charge in [0.15, 0.2) is 0 Å². The number of rotatable bonds is 11. The number of carbonyl (C=O) groups is 3. The second kappa shape index (κ2) is 12.0. The van der Waals surface area contributed by atoms with Crippen molar-refractivity contribution in [3.05, 3.63) is 24.3 Å². The summed E-state index contributed by atoms with van der Waals surface area (Å²) in [5.74, 6) is -0.763. The first kappa shape index (κ1) is 32.6. The zero-order valence-corrected chi connectivity index (χ0v) is 27.6.